The first-order valence-electron chi connectivity index (χ1n) is 8.63. The standard InChI is InChI=1S/C20H23N3O2/c1-13-6-8-14(9-7-13)20(11-15(24)12-20)18-22-21-17-16(19(2,3)25)5-4-10-23(17)18/h4-10,15,24-25H,11-12H2,1-3H3/t15-,20+. The van der Waals surface area contributed by atoms with Gasteiger partial charge in [0.1, 0.15) is 5.82 Å². The van der Waals surface area contributed by atoms with Gasteiger partial charge in [-0.1, -0.05) is 35.9 Å². The van der Waals surface area contributed by atoms with Crippen molar-refractivity contribution in [3.05, 3.63) is 65.1 Å². The zero-order valence-corrected chi connectivity index (χ0v) is 14.8. The van der Waals surface area contributed by atoms with Gasteiger partial charge in [0.05, 0.1) is 17.1 Å². The molecule has 0 bridgehead atoms. The molecular weight excluding hydrogens is 314 g/mol. The molecule has 0 saturated heterocycles. The second-order valence-electron chi connectivity index (χ2n) is 7.71. The summed E-state index contributed by atoms with van der Waals surface area (Å²) < 4.78 is 1.96. The van der Waals surface area contributed by atoms with E-state index in [9.17, 15) is 10.2 Å². The van der Waals surface area contributed by atoms with Crippen molar-refractivity contribution in [1.29, 1.82) is 0 Å². The molecule has 1 saturated carbocycles. The van der Waals surface area contributed by atoms with E-state index in [0.717, 1.165) is 17.0 Å². The van der Waals surface area contributed by atoms with Crippen LogP contribution >= 0.6 is 0 Å². The van der Waals surface area contributed by atoms with Crippen LogP contribution in [0.25, 0.3) is 5.65 Å². The Morgan fingerprint density at radius 2 is 1.80 bits per heavy atom. The lowest BCUT2D eigenvalue weighted by Gasteiger charge is -2.44. The molecule has 0 atom stereocenters. The lowest BCUT2D eigenvalue weighted by Crippen LogP contribution is -2.46. The van der Waals surface area contributed by atoms with Crippen molar-refractivity contribution in [1.82, 2.24) is 14.6 Å². The number of pyridine rings is 1. The molecule has 4 rings (SSSR count). The molecule has 1 fully saturated rings. The SMILES string of the molecule is Cc1ccc([C@]2(c3nnc4c(C(C)(C)O)cccn43)C[C@@H](O)C2)cc1. The number of hydrogen-bond donors (Lipinski definition) is 2. The lowest BCUT2D eigenvalue weighted by atomic mass is 9.62. The van der Waals surface area contributed by atoms with Gasteiger partial charge < -0.3 is 10.2 Å². The molecule has 3 aromatic rings. The molecule has 5 heteroatoms. The van der Waals surface area contributed by atoms with Gasteiger partial charge in [0.2, 0.25) is 0 Å². The van der Waals surface area contributed by atoms with Gasteiger partial charge in [-0.05, 0) is 45.2 Å². The van der Waals surface area contributed by atoms with Crippen LogP contribution in [-0.2, 0) is 11.0 Å². The summed E-state index contributed by atoms with van der Waals surface area (Å²) >= 11 is 0. The minimum Gasteiger partial charge on any atom is -0.393 e. The Morgan fingerprint density at radius 1 is 1.12 bits per heavy atom. The first-order chi connectivity index (χ1) is 11.8. The van der Waals surface area contributed by atoms with Crippen LogP contribution < -0.4 is 0 Å². The fraction of sp³-hybridized carbons (Fsp3) is 0.400. The topological polar surface area (TPSA) is 70.7 Å². The van der Waals surface area contributed by atoms with E-state index >= 15 is 0 Å². The number of nitrogens with zero attached hydrogens (tertiary/aromatic N) is 3. The van der Waals surface area contributed by atoms with Gasteiger partial charge in [0.15, 0.2) is 5.65 Å². The maximum Gasteiger partial charge on any atom is 0.166 e. The summed E-state index contributed by atoms with van der Waals surface area (Å²) in [6.07, 6.45) is 2.86. The summed E-state index contributed by atoms with van der Waals surface area (Å²) in [5.74, 6) is 0.822. The van der Waals surface area contributed by atoms with Crippen LogP contribution in [0, 0.1) is 6.92 Å². The molecule has 1 aromatic carbocycles. The average Bonchev–Trinajstić information content (AvgIpc) is 2.95. The number of aliphatic hydroxyl groups is 2. The van der Waals surface area contributed by atoms with Crippen molar-refractivity contribution in [2.45, 2.75) is 50.7 Å². The van der Waals surface area contributed by atoms with Crippen molar-refractivity contribution >= 4 is 5.65 Å². The monoisotopic (exact) mass is 337 g/mol. The van der Waals surface area contributed by atoms with E-state index in [1.165, 1.54) is 5.56 Å². The average molecular weight is 337 g/mol. The zero-order chi connectivity index (χ0) is 17.8. The van der Waals surface area contributed by atoms with Crippen LogP contribution in [0.2, 0.25) is 0 Å². The summed E-state index contributed by atoms with van der Waals surface area (Å²) in [5.41, 5.74) is 2.42. The number of aromatic nitrogens is 3. The number of benzene rings is 1. The van der Waals surface area contributed by atoms with E-state index < -0.39 is 5.60 Å². The highest BCUT2D eigenvalue weighted by molar-refractivity contribution is 5.52. The summed E-state index contributed by atoms with van der Waals surface area (Å²) in [5, 5.41) is 29.4. The third-order valence-electron chi connectivity index (χ3n) is 5.29. The molecule has 2 N–H and O–H groups in total. The van der Waals surface area contributed by atoms with Gasteiger partial charge in [-0.25, -0.2) is 0 Å². The Balaban J connectivity index is 1.91. The Hall–Kier alpha value is -2.24. The summed E-state index contributed by atoms with van der Waals surface area (Å²) in [7, 11) is 0. The van der Waals surface area contributed by atoms with Gasteiger partial charge in [0, 0.05) is 11.8 Å². The zero-order valence-electron chi connectivity index (χ0n) is 14.8. The fourth-order valence-electron chi connectivity index (χ4n) is 3.88. The number of rotatable bonds is 3. The molecule has 0 unspecified atom stereocenters. The van der Waals surface area contributed by atoms with Crippen LogP contribution in [0.15, 0.2) is 42.6 Å². The van der Waals surface area contributed by atoms with Crippen molar-refractivity contribution in [2.24, 2.45) is 0 Å². The number of fused-ring (bicyclic) bond motifs is 1. The van der Waals surface area contributed by atoms with Crippen LogP contribution in [0.3, 0.4) is 0 Å². The van der Waals surface area contributed by atoms with Crippen LogP contribution in [-0.4, -0.2) is 30.9 Å². The second kappa shape index (κ2) is 5.38. The predicted octanol–water partition coefficient (Wildman–Crippen LogP) is 2.71. The maximum absolute atomic E-state index is 10.4. The van der Waals surface area contributed by atoms with E-state index in [2.05, 4.69) is 41.4 Å². The van der Waals surface area contributed by atoms with Crippen LogP contribution in [0.4, 0.5) is 0 Å². The Labute approximate surface area is 147 Å². The van der Waals surface area contributed by atoms with Gasteiger partial charge >= 0.3 is 0 Å². The van der Waals surface area contributed by atoms with E-state index in [1.54, 1.807) is 13.8 Å². The van der Waals surface area contributed by atoms with Gasteiger partial charge in [0.25, 0.3) is 0 Å². The minimum atomic E-state index is -0.997. The van der Waals surface area contributed by atoms with Crippen molar-refractivity contribution in [3.8, 4) is 0 Å². The van der Waals surface area contributed by atoms with E-state index in [-0.39, 0.29) is 11.5 Å². The third kappa shape index (κ3) is 2.46. The van der Waals surface area contributed by atoms with Gasteiger partial charge in [-0.3, -0.25) is 4.40 Å². The molecule has 2 heterocycles. The molecule has 0 spiro atoms. The number of aliphatic hydroxyl groups excluding tert-OH is 1. The first kappa shape index (κ1) is 16.2. The Bertz CT molecular complexity index is 916. The Kier molecular flexibility index (Phi) is 3.49. The minimum absolute atomic E-state index is 0.328. The summed E-state index contributed by atoms with van der Waals surface area (Å²) in [4.78, 5) is 0. The molecule has 0 radical (unpaired) electrons. The molecule has 25 heavy (non-hydrogen) atoms. The highest BCUT2D eigenvalue weighted by Crippen LogP contribution is 2.48. The molecule has 0 aliphatic heterocycles. The molecule has 0 amide bonds. The van der Waals surface area contributed by atoms with Gasteiger partial charge in [-0.2, -0.15) is 0 Å². The highest BCUT2D eigenvalue weighted by Gasteiger charge is 2.49. The fourth-order valence-corrected chi connectivity index (χ4v) is 3.88. The molecular formula is C20H23N3O2. The molecule has 130 valence electrons. The second-order valence-corrected chi connectivity index (χ2v) is 7.71. The van der Waals surface area contributed by atoms with Crippen molar-refractivity contribution in [2.75, 3.05) is 0 Å². The quantitative estimate of drug-likeness (QED) is 0.771. The number of aryl methyl sites for hydroxylation is 1. The molecule has 1 aliphatic carbocycles. The maximum atomic E-state index is 10.4. The molecule has 2 aromatic heterocycles. The smallest absolute Gasteiger partial charge is 0.166 e. The molecule has 1 aliphatic rings. The molecule has 5 nitrogen and oxygen atoms in total. The van der Waals surface area contributed by atoms with Crippen molar-refractivity contribution in [3.63, 3.8) is 0 Å². The third-order valence-corrected chi connectivity index (χ3v) is 5.29. The van der Waals surface area contributed by atoms with Crippen molar-refractivity contribution < 1.29 is 10.2 Å². The summed E-state index contributed by atoms with van der Waals surface area (Å²) in [6.45, 7) is 5.56. The largest absolute Gasteiger partial charge is 0.393 e. The van der Waals surface area contributed by atoms with E-state index in [1.807, 2.05) is 22.7 Å². The van der Waals surface area contributed by atoms with Gasteiger partial charge in [-0.15, -0.1) is 10.2 Å². The Morgan fingerprint density at radius 3 is 2.40 bits per heavy atom. The first-order valence-corrected chi connectivity index (χ1v) is 8.63. The lowest BCUT2D eigenvalue weighted by molar-refractivity contribution is 0.0331. The van der Waals surface area contributed by atoms with E-state index in [0.29, 0.717) is 18.5 Å². The van der Waals surface area contributed by atoms with E-state index in [4.69, 9.17) is 0 Å². The van der Waals surface area contributed by atoms with Crippen LogP contribution in [0.1, 0.15) is 49.2 Å². The predicted molar refractivity (Wildman–Crippen MR) is 95.4 cm³/mol. The highest BCUT2D eigenvalue weighted by atomic mass is 16.3. The normalized spacial score (nSPS) is 23.6. The van der Waals surface area contributed by atoms with Crippen LogP contribution in [0.5, 0.6) is 0 Å². The number of hydrogen-bond acceptors (Lipinski definition) is 4. The summed E-state index contributed by atoms with van der Waals surface area (Å²) in [6, 6.07) is 12.2.